The van der Waals surface area contributed by atoms with Crippen molar-refractivity contribution in [2.45, 2.75) is 6.04 Å². The quantitative estimate of drug-likeness (QED) is 0.623. The molecule has 15 heavy (non-hydrogen) atoms. The van der Waals surface area contributed by atoms with Crippen LogP contribution in [0.5, 0.6) is 0 Å². The maximum Gasteiger partial charge on any atom is 0.427 e. The highest BCUT2D eigenvalue weighted by atomic mass is 16.4. The molecule has 0 bridgehead atoms. The predicted molar refractivity (Wildman–Crippen MR) is 48.1 cm³/mol. The normalized spacial score (nSPS) is 18.1. The Balaban J connectivity index is 2.46. The van der Waals surface area contributed by atoms with Crippen molar-refractivity contribution in [3.8, 4) is 0 Å². The number of pyridine rings is 1. The molecule has 0 aromatic carbocycles. The van der Waals surface area contributed by atoms with Crippen molar-refractivity contribution in [1.29, 1.82) is 0 Å². The van der Waals surface area contributed by atoms with E-state index in [1.54, 1.807) is 6.07 Å². The summed E-state index contributed by atoms with van der Waals surface area (Å²) in [5, 5.41) is 18.3. The average molecular weight is 209 g/mol. The van der Waals surface area contributed by atoms with Gasteiger partial charge < -0.3 is 10.2 Å². The number of carboxylic acids is 1. The van der Waals surface area contributed by atoms with Crippen LogP contribution >= 0.6 is 0 Å². The first-order valence-corrected chi connectivity index (χ1v) is 4.08. The van der Waals surface area contributed by atoms with E-state index in [0.717, 1.165) is 0 Å². The molecule has 1 unspecified atom stereocenters. The molecule has 78 valence electrons. The van der Waals surface area contributed by atoms with Crippen LogP contribution in [0.2, 0.25) is 0 Å². The molecule has 0 fully saturated rings. The largest absolute Gasteiger partial charge is 0.479 e. The minimum Gasteiger partial charge on any atom is -0.479 e. The first kappa shape index (κ1) is 9.25. The molecule has 7 nitrogen and oxygen atoms in total. The number of amides is 1. The SMILES string of the molecule is O=C(O)C1c2cccnc2NN1C(=O)O. The second-order valence-electron chi connectivity index (χ2n) is 2.95. The summed E-state index contributed by atoms with van der Waals surface area (Å²) in [4.78, 5) is 25.5. The molecule has 0 radical (unpaired) electrons. The molecule has 1 aromatic rings. The molecule has 1 aliphatic rings. The molecule has 2 rings (SSSR count). The first-order valence-electron chi connectivity index (χ1n) is 4.08. The fourth-order valence-electron chi connectivity index (χ4n) is 1.45. The van der Waals surface area contributed by atoms with Gasteiger partial charge in [-0.05, 0) is 6.07 Å². The number of hydrazine groups is 1. The summed E-state index contributed by atoms with van der Waals surface area (Å²) >= 11 is 0. The lowest BCUT2D eigenvalue weighted by molar-refractivity contribution is -0.142. The highest BCUT2D eigenvalue weighted by molar-refractivity contribution is 5.85. The van der Waals surface area contributed by atoms with Crippen molar-refractivity contribution in [1.82, 2.24) is 9.99 Å². The van der Waals surface area contributed by atoms with Gasteiger partial charge in [0.1, 0.15) is 0 Å². The lowest BCUT2D eigenvalue weighted by Gasteiger charge is -2.16. The molecule has 0 saturated carbocycles. The van der Waals surface area contributed by atoms with Crippen molar-refractivity contribution in [3.63, 3.8) is 0 Å². The summed E-state index contributed by atoms with van der Waals surface area (Å²) in [6.07, 6.45) is 0.0937. The van der Waals surface area contributed by atoms with Gasteiger partial charge in [-0.2, -0.15) is 0 Å². The minimum absolute atomic E-state index is 0.257. The molecular formula is C8H7N3O4. The zero-order valence-electron chi connectivity index (χ0n) is 7.41. The number of anilines is 1. The van der Waals surface area contributed by atoms with Crippen LogP contribution in [0.1, 0.15) is 11.6 Å². The molecule has 1 amide bonds. The van der Waals surface area contributed by atoms with E-state index in [1.807, 2.05) is 0 Å². The van der Waals surface area contributed by atoms with E-state index >= 15 is 0 Å². The summed E-state index contributed by atoms with van der Waals surface area (Å²) in [6.45, 7) is 0. The maximum atomic E-state index is 10.9. The third-order valence-electron chi connectivity index (χ3n) is 2.06. The smallest absolute Gasteiger partial charge is 0.427 e. The van der Waals surface area contributed by atoms with Crippen LogP contribution in [-0.4, -0.2) is 32.3 Å². The number of rotatable bonds is 1. The fraction of sp³-hybridized carbons (Fsp3) is 0.125. The predicted octanol–water partition coefficient (Wildman–Crippen LogP) is 0.528. The van der Waals surface area contributed by atoms with Crippen LogP contribution in [0.4, 0.5) is 10.6 Å². The van der Waals surface area contributed by atoms with Gasteiger partial charge >= 0.3 is 12.1 Å². The summed E-state index contributed by atoms with van der Waals surface area (Å²) in [5.41, 5.74) is 2.75. The highest BCUT2D eigenvalue weighted by Gasteiger charge is 2.39. The number of aromatic nitrogens is 1. The van der Waals surface area contributed by atoms with E-state index in [0.29, 0.717) is 10.6 Å². The molecule has 1 aromatic heterocycles. The Morgan fingerprint density at radius 1 is 1.47 bits per heavy atom. The number of carboxylic acid groups (broad SMARTS) is 2. The van der Waals surface area contributed by atoms with Gasteiger partial charge in [0.15, 0.2) is 11.9 Å². The monoisotopic (exact) mass is 209 g/mol. The molecule has 1 atom stereocenters. The number of hydrogen-bond donors (Lipinski definition) is 3. The Morgan fingerprint density at radius 3 is 2.80 bits per heavy atom. The molecule has 3 N–H and O–H groups in total. The highest BCUT2D eigenvalue weighted by Crippen LogP contribution is 2.33. The lowest BCUT2D eigenvalue weighted by atomic mass is 10.1. The Bertz CT molecular complexity index is 434. The Kier molecular flexibility index (Phi) is 1.93. The van der Waals surface area contributed by atoms with Crippen LogP contribution in [0.15, 0.2) is 18.3 Å². The van der Waals surface area contributed by atoms with Crippen molar-refractivity contribution < 1.29 is 19.8 Å². The Morgan fingerprint density at radius 2 is 2.20 bits per heavy atom. The molecule has 1 aliphatic heterocycles. The van der Waals surface area contributed by atoms with E-state index in [9.17, 15) is 9.59 Å². The molecular weight excluding hydrogens is 202 g/mol. The van der Waals surface area contributed by atoms with Crippen LogP contribution in [-0.2, 0) is 4.79 Å². The average Bonchev–Trinajstić information content (AvgIpc) is 2.56. The summed E-state index contributed by atoms with van der Waals surface area (Å²) in [7, 11) is 0. The number of aliphatic carboxylic acids is 1. The van der Waals surface area contributed by atoms with Crippen molar-refractivity contribution >= 4 is 17.9 Å². The molecule has 0 spiro atoms. The topological polar surface area (TPSA) is 103 Å². The fourth-order valence-corrected chi connectivity index (χ4v) is 1.45. The van der Waals surface area contributed by atoms with E-state index in [4.69, 9.17) is 10.2 Å². The van der Waals surface area contributed by atoms with E-state index < -0.39 is 18.1 Å². The van der Waals surface area contributed by atoms with Crippen LogP contribution in [0.25, 0.3) is 0 Å². The zero-order valence-corrected chi connectivity index (χ0v) is 7.41. The second-order valence-corrected chi connectivity index (χ2v) is 2.95. The van der Waals surface area contributed by atoms with Gasteiger partial charge in [0.2, 0.25) is 0 Å². The van der Waals surface area contributed by atoms with E-state index in [1.165, 1.54) is 12.3 Å². The standard InChI is InChI=1S/C8H7N3O4/c12-7(13)5-4-2-1-3-9-6(4)10-11(5)8(14)15/h1-3,5H,(H,9,10)(H,12,13)(H,14,15). The molecule has 0 saturated heterocycles. The number of hydrogen-bond acceptors (Lipinski definition) is 4. The van der Waals surface area contributed by atoms with Gasteiger partial charge in [0.25, 0.3) is 0 Å². The number of fused-ring (bicyclic) bond motifs is 1. The van der Waals surface area contributed by atoms with Crippen LogP contribution < -0.4 is 5.43 Å². The maximum absolute atomic E-state index is 10.9. The number of carbonyl (C=O) groups is 2. The lowest BCUT2D eigenvalue weighted by Crippen LogP contribution is -2.37. The number of nitrogens with one attached hydrogen (secondary N) is 1. The number of nitrogens with zero attached hydrogens (tertiary/aromatic N) is 2. The van der Waals surface area contributed by atoms with Gasteiger partial charge in [-0.15, -0.1) is 0 Å². The summed E-state index contributed by atoms with van der Waals surface area (Å²) in [5.74, 6) is -0.982. The van der Waals surface area contributed by atoms with Crippen molar-refractivity contribution in [2.24, 2.45) is 0 Å². The zero-order chi connectivity index (χ0) is 11.0. The van der Waals surface area contributed by atoms with Gasteiger partial charge in [-0.25, -0.2) is 19.6 Å². The van der Waals surface area contributed by atoms with Gasteiger partial charge in [-0.3, -0.25) is 5.43 Å². The van der Waals surface area contributed by atoms with Crippen LogP contribution in [0, 0.1) is 0 Å². The van der Waals surface area contributed by atoms with E-state index in [2.05, 4.69) is 10.4 Å². The van der Waals surface area contributed by atoms with Crippen LogP contribution in [0.3, 0.4) is 0 Å². The Hall–Kier alpha value is -2.31. The van der Waals surface area contributed by atoms with Crippen molar-refractivity contribution in [3.05, 3.63) is 23.9 Å². The van der Waals surface area contributed by atoms with E-state index in [-0.39, 0.29) is 5.82 Å². The third-order valence-corrected chi connectivity index (χ3v) is 2.06. The van der Waals surface area contributed by atoms with Gasteiger partial charge in [0, 0.05) is 11.8 Å². The molecule has 2 heterocycles. The minimum atomic E-state index is -1.36. The van der Waals surface area contributed by atoms with Gasteiger partial charge in [-0.1, -0.05) is 6.07 Å². The third kappa shape index (κ3) is 1.33. The second kappa shape index (κ2) is 3.12. The summed E-state index contributed by atoms with van der Waals surface area (Å²) in [6, 6.07) is 1.84. The van der Waals surface area contributed by atoms with Gasteiger partial charge in [0.05, 0.1) is 0 Å². The molecule has 7 heteroatoms. The van der Waals surface area contributed by atoms with Crippen molar-refractivity contribution in [2.75, 3.05) is 5.43 Å². The summed E-state index contributed by atoms with van der Waals surface area (Å²) < 4.78 is 0. The molecule has 0 aliphatic carbocycles. The first-order chi connectivity index (χ1) is 7.11. The Labute approximate surface area is 83.9 Å².